The van der Waals surface area contributed by atoms with Gasteiger partial charge in [0.15, 0.2) is 0 Å². The van der Waals surface area contributed by atoms with Crippen LogP contribution >= 0.6 is 0 Å². The van der Waals surface area contributed by atoms with Gasteiger partial charge >= 0.3 is 0 Å². The molecule has 0 fully saturated rings. The second kappa shape index (κ2) is 7.49. The van der Waals surface area contributed by atoms with Crippen LogP contribution in [0, 0.1) is 5.41 Å². The summed E-state index contributed by atoms with van der Waals surface area (Å²) in [5.74, 6) is 0. The van der Waals surface area contributed by atoms with Gasteiger partial charge in [0.1, 0.15) is 0 Å². The molecule has 2 N–H and O–H groups in total. The lowest BCUT2D eigenvalue weighted by Crippen LogP contribution is -2.59. The van der Waals surface area contributed by atoms with Crippen molar-refractivity contribution in [2.75, 3.05) is 13.1 Å². The molecule has 2 heteroatoms. The minimum Gasteiger partial charge on any atom is -0.326 e. The highest BCUT2D eigenvalue weighted by atomic mass is 15.2. The van der Waals surface area contributed by atoms with E-state index in [1.165, 1.54) is 6.42 Å². The van der Waals surface area contributed by atoms with E-state index >= 15 is 0 Å². The zero-order valence-electron chi connectivity index (χ0n) is 13.8. The number of hydrogen-bond acceptors (Lipinski definition) is 2. The SMILES string of the molecule is CCN(CC)C(CC)(CC)C(N)CCC(C)(C)C. The summed E-state index contributed by atoms with van der Waals surface area (Å²) in [4.78, 5) is 2.57. The molecule has 0 aliphatic rings. The van der Waals surface area contributed by atoms with E-state index in [2.05, 4.69) is 53.4 Å². The smallest absolute Gasteiger partial charge is 0.0354 e. The Balaban J connectivity index is 4.86. The quantitative estimate of drug-likeness (QED) is 0.710. The number of likely N-dealkylation sites (N-methyl/N-ethyl adjacent to an activating group) is 1. The Labute approximate surface area is 115 Å². The summed E-state index contributed by atoms with van der Waals surface area (Å²) in [6.45, 7) is 18.2. The van der Waals surface area contributed by atoms with Crippen molar-refractivity contribution < 1.29 is 0 Å². The molecular weight excluding hydrogens is 220 g/mol. The molecule has 2 nitrogen and oxygen atoms in total. The molecule has 1 unspecified atom stereocenters. The Bertz CT molecular complexity index is 210. The lowest BCUT2D eigenvalue weighted by Gasteiger charge is -2.47. The van der Waals surface area contributed by atoms with Gasteiger partial charge in [-0.3, -0.25) is 4.90 Å². The standard InChI is InChI=1S/C16H36N2/c1-8-16(9-2,18(10-3)11-4)14(17)12-13-15(5,6)7/h14H,8-13,17H2,1-7H3. The first-order valence-corrected chi connectivity index (χ1v) is 7.78. The van der Waals surface area contributed by atoms with Crippen molar-refractivity contribution in [3.8, 4) is 0 Å². The zero-order chi connectivity index (χ0) is 14.4. The van der Waals surface area contributed by atoms with Crippen LogP contribution in [0.2, 0.25) is 0 Å². The molecule has 0 heterocycles. The summed E-state index contributed by atoms with van der Waals surface area (Å²) < 4.78 is 0. The predicted octanol–water partition coefficient (Wildman–Crippen LogP) is 4.04. The fraction of sp³-hybridized carbons (Fsp3) is 1.00. The highest BCUT2D eigenvalue weighted by molar-refractivity contribution is 4.97. The highest BCUT2D eigenvalue weighted by Crippen LogP contribution is 2.31. The van der Waals surface area contributed by atoms with Crippen LogP contribution in [-0.4, -0.2) is 29.6 Å². The Kier molecular flexibility index (Phi) is 7.46. The largest absolute Gasteiger partial charge is 0.326 e. The molecule has 0 aromatic heterocycles. The summed E-state index contributed by atoms with van der Waals surface area (Å²) in [7, 11) is 0. The second-order valence-corrected chi connectivity index (χ2v) is 6.69. The summed E-state index contributed by atoms with van der Waals surface area (Å²) in [5.41, 5.74) is 7.16. The molecule has 1 atom stereocenters. The van der Waals surface area contributed by atoms with Crippen molar-refractivity contribution in [1.29, 1.82) is 0 Å². The summed E-state index contributed by atoms with van der Waals surface area (Å²) >= 11 is 0. The molecule has 0 saturated heterocycles. The maximum atomic E-state index is 6.59. The van der Waals surface area contributed by atoms with E-state index in [0.717, 1.165) is 32.4 Å². The van der Waals surface area contributed by atoms with Crippen LogP contribution in [0.1, 0.15) is 74.1 Å². The maximum Gasteiger partial charge on any atom is 0.0354 e. The fourth-order valence-electron chi connectivity index (χ4n) is 3.17. The molecule has 0 aliphatic heterocycles. The van der Waals surface area contributed by atoms with Crippen molar-refractivity contribution in [2.24, 2.45) is 11.1 Å². The number of nitrogens with zero attached hydrogens (tertiary/aromatic N) is 1. The number of nitrogens with two attached hydrogens (primary N) is 1. The van der Waals surface area contributed by atoms with Gasteiger partial charge in [-0.25, -0.2) is 0 Å². The van der Waals surface area contributed by atoms with Crippen LogP contribution in [0.15, 0.2) is 0 Å². The van der Waals surface area contributed by atoms with Crippen molar-refractivity contribution in [2.45, 2.75) is 85.7 Å². The van der Waals surface area contributed by atoms with Crippen LogP contribution in [0.25, 0.3) is 0 Å². The van der Waals surface area contributed by atoms with Crippen molar-refractivity contribution in [1.82, 2.24) is 4.90 Å². The topological polar surface area (TPSA) is 29.3 Å². The van der Waals surface area contributed by atoms with Crippen LogP contribution in [0.3, 0.4) is 0 Å². The Morgan fingerprint density at radius 3 is 1.67 bits per heavy atom. The van der Waals surface area contributed by atoms with E-state index in [0.29, 0.717) is 5.41 Å². The highest BCUT2D eigenvalue weighted by Gasteiger charge is 2.37. The molecule has 0 aromatic carbocycles. The van der Waals surface area contributed by atoms with E-state index in [-0.39, 0.29) is 11.6 Å². The Morgan fingerprint density at radius 1 is 0.944 bits per heavy atom. The predicted molar refractivity (Wildman–Crippen MR) is 82.9 cm³/mol. The van der Waals surface area contributed by atoms with E-state index in [9.17, 15) is 0 Å². The Hall–Kier alpha value is -0.0800. The Morgan fingerprint density at radius 2 is 1.39 bits per heavy atom. The molecule has 110 valence electrons. The van der Waals surface area contributed by atoms with Crippen LogP contribution < -0.4 is 5.73 Å². The molecule has 0 bridgehead atoms. The van der Waals surface area contributed by atoms with Gasteiger partial charge in [0.05, 0.1) is 0 Å². The molecule has 0 radical (unpaired) electrons. The second-order valence-electron chi connectivity index (χ2n) is 6.69. The van der Waals surface area contributed by atoms with Gasteiger partial charge in [-0.15, -0.1) is 0 Å². The molecule has 0 rings (SSSR count). The first-order valence-electron chi connectivity index (χ1n) is 7.78. The average molecular weight is 256 g/mol. The van der Waals surface area contributed by atoms with Gasteiger partial charge < -0.3 is 5.73 Å². The van der Waals surface area contributed by atoms with Gasteiger partial charge in [0.25, 0.3) is 0 Å². The average Bonchev–Trinajstić information content (AvgIpc) is 2.32. The molecular formula is C16H36N2. The van der Waals surface area contributed by atoms with E-state index in [1.54, 1.807) is 0 Å². The van der Waals surface area contributed by atoms with Crippen molar-refractivity contribution >= 4 is 0 Å². The summed E-state index contributed by atoms with van der Waals surface area (Å²) in [6.07, 6.45) is 4.63. The molecule has 0 aliphatic carbocycles. The summed E-state index contributed by atoms with van der Waals surface area (Å²) in [5, 5.41) is 0. The minimum atomic E-state index is 0.189. The van der Waals surface area contributed by atoms with Crippen molar-refractivity contribution in [3.63, 3.8) is 0 Å². The summed E-state index contributed by atoms with van der Waals surface area (Å²) in [6, 6.07) is 0.284. The van der Waals surface area contributed by atoms with E-state index in [4.69, 9.17) is 5.73 Å². The number of hydrogen-bond donors (Lipinski definition) is 1. The van der Waals surface area contributed by atoms with Crippen LogP contribution in [0.4, 0.5) is 0 Å². The zero-order valence-corrected chi connectivity index (χ0v) is 13.8. The third kappa shape index (κ3) is 4.55. The van der Waals surface area contributed by atoms with Gasteiger partial charge in [0.2, 0.25) is 0 Å². The van der Waals surface area contributed by atoms with Crippen molar-refractivity contribution in [3.05, 3.63) is 0 Å². The normalized spacial score (nSPS) is 15.2. The van der Waals surface area contributed by atoms with Gasteiger partial charge in [-0.2, -0.15) is 0 Å². The monoisotopic (exact) mass is 256 g/mol. The lowest BCUT2D eigenvalue weighted by molar-refractivity contribution is 0.0561. The van der Waals surface area contributed by atoms with Crippen LogP contribution in [0.5, 0.6) is 0 Å². The minimum absolute atomic E-state index is 0.189. The van der Waals surface area contributed by atoms with Gasteiger partial charge in [0, 0.05) is 11.6 Å². The van der Waals surface area contributed by atoms with E-state index in [1.807, 2.05) is 0 Å². The third-order valence-corrected chi connectivity index (χ3v) is 4.51. The first-order chi connectivity index (χ1) is 8.27. The third-order valence-electron chi connectivity index (χ3n) is 4.51. The first kappa shape index (κ1) is 17.9. The van der Waals surface area contributed by atoms with E-state index < -0.39 is 0 Å². The number of rotatable bonds is 8. The van der Waals surface area contributed by atoms with Gasteiger partial charge in [-0.05, 0) is 44.2 Å². The van der Waals surface area contributed by atoms with Gasteiger partial charge in [-0.1, -0.05) is 48.5 Å². The molecule has 0 spiro atoms. The molecule has 0 aromatic rings. The maximum absolute atomic E-state index is 6.59. The molecule has 0 amide bonds. The lowest BCUT2D eigenvalue weighted by atomic mass is 9.78. The molecule has 18 heavy (non-hydrogen) atoms. The fourth-order valence-corrected chi connectivity index (χ4v) is 3.17. The molecule has 0 saturated carbocycles. The van der Waals surface area contributed by atoms with Crippen LogP contribution in [-0.2, 0) is 0 Å².